The molecule has 0 rings (SSSR count). The molecule has 0 aliphatic rings. The second-order valence-corrected chi connectivity index (χ2v) is 1.58. The molecule has 1 N–H and O–H groups in total. The molecule has 0 bridgehead atoms. The van der Waals surface area contributed by atoms with Crippen LogP contribution in [0.15, 0.2) is 0 Å². The van der Waals surface area contributed by atoms with Crippen LogP contribution in [0.25, 0.3) is 0 Å². The number of hydrogen-bond donors (Lipinski definition) is 1. The van der Waals surface area contributed by atoms with E-state index in [9.17, 15) is 9.59 Å². The molecule has 4 heteroatoms. The Morgan fingerprint density at radius 2 is 2.20 bits per heavy atom. The van der Waals surface area contributed by atoms with Crippen molar-refractivity contribution in [2.75, 3.05) is 13.2 Å². The molecule has 0 atom stereocenters. The minimum absolute atomic E-state index is 0.101. The number of carbonyl (C=O) groups excluding carboxylic acids is 2. The Labute approximate surface area is 59.6 Å². The zero-order valence-electron chi connectivity index (χ0n) is 5.85. The van der Waals surface area contributed by atoms with Crippen LogP contribution in [0.3, 0.4) is 0 Å². The molecule has 10 heavy (non-hydrogen) atoms. The number of hydrogen-bond acceptors (Lipinski definition) is 3. The lowest BCUT2D eigenvalue weighted by molar-refractivity contribution is -0.143. The van der Waals surface area contributed by atoms with Crippen LogP contribution in [0.4, 0.5) is 0 Å². The van der Waals surface area contributed by atoms with Gasteiger partial charge in [0.05, 0.1) is 6.61 Å². The van der Waals surface area contributed by atoms with Crippen LogP contribution in [-0.4, -0.2) is 25.0 Å². The van der Waals surface area contributed by atoms with Gasteiger partial charge in [-0.15, -0.1) is 0 Å². The van der Waals surface area contributed by atoms with Gasteiger partial charge >= 0.3 is 5.97 Å². The van der Waals surface area contributed by atoms with Crippen molar-refractivity contribution in [3.05, 3.63) is 6.92 Å². The molecule has 57 valence electrons. The molecule has 1 amide bonds. The first-order valence-corrected chi connectivity index (χ1v) is 2.92. The summed E-state index contributed by atoms with van der Waals surface area (Å²) in [6, 6.07) is 0. The summed E-state index contributed by atoms with van der Waals surface area (Å²) in [4.78, 5) is 20.6. The molecule has 0 spiro atoms. The lowest BCUT2D eigenvalue weighted by atomic mass is 10.6. The second-order valence-electron chi connectivity index (χ2n) is 1.58. The van der Waals surface area contributed by atoms with E-state index in [2.05, 4.69) is 17.0 Å². The molecule has 0 unspecified atom stereocenters. The Bertz CT molecular complexity index is 133. The third kappa shape index (κ3) is 5.08. The Hall–Kier alpha value is -1.06. The summed E-state index contributed by atoms with van der Waals surface area (Å²) in [5, 5.41) is 2.21. The number of rotatable bonds is 3. The van der Waals surface area contributed by atoms with Crippen molar-refractivity contribution in [1.82, 2.24) is 5.32 Å². The van der Waals surface area contributed by atoms with Crippen molar-refractivity contribution in [3.63, 3.8) is 0 Å². The summed E-state index contributed by atoms with van der Waals surface area (Å²) in [7, 11) is 0. The van der Waals surface area contributed by atoms with Crippen LogP contribution in [0.2, 0.25) is 0 Å². The van der Waals surface area contributed by atoms with Crippen molar-refractivity contribution >= 4 is 11.9 Å². The average Bonchev–Trinajstić information content (AvgIpc) is 1.85. The SMILES string of the molecule is [CH2]C(=O)NCC(=O)OCC. The molecule has 0 saturated heterocycles. The highest BCUT2D eigenvalue weighted by molar-refractivity contribution is 5.84. The van der Waals surface area contributed by atoms with Crippen molar-refractivity contribution in [1.29, 1.82) is 0 Å². The number of amides is 1. The van der Waals surface area contributed by atoms with E-state index in [1.165, 1.54) is 0 Å². The molecule has 1 radical (unpaired) electrons. The Balaban J connectivity index is 3.30. The number of nitrogens with one attached hydrogen (secondary N) is 1. The highest BCUT2D eigenvalue weighted by Crippen LogP contribution is 1.74. The van der Waals surface area contributed by atoms with Gasteiger partial charge in [0.15, 0.2) is 0 Å². The first kappa shape index (κ1) is 8.94. The molecule has 0 aliphatic carbocycles. The van der Waals surface area contributed by atoms with E-state index in [1.807, 2.05) is 0 Å². The highest BCUT2D eigenvalue weighted by atomic mass is 16.5. The predicted molar refractivity (Wildman–Crippen MR) is 35.0 cm³/mol. The lowest BCUT2D eigenvalue weighted by Crippen LogP contribution is -2.28. The molecule has 4 nitrogen and oxygen atoms in total. The van der Waals surface area contributed by atoms with Crippen LogP contribution in [0.1, 0.15) is 6.92 Å². The number of ether oxygens (including phenoxy) is 1. The lowest BCUT2D eigenvalue weighted by Gasteiger charge is -2.00. The van der Waals surface area contributed by atoms with E-state index in [4.69, 9.17) is 0 Å². The van der Waals surface area contributed by atoms with Gasteiger partial charge in [0.1, 0.15) is 6.54 Å². The van der Waals surface area contributed by atoms with E-state index in [1.54, 1.807) is 6.92 Å². The van der Waals surface area contributed by atoms with Gasteiger partial charge in [-0.3, -0.25) is 9.59 Å². The van der Waals surface area contributed by atoms with Crippen LogP contribution in [-0.2, 0) is 14.3 Å². The minimum atomic E-state index is -0.479. The van der Waals surface area contributed by atoms with Gasteiger partial charge in [0.25, 0.3) is 0 Å². The zero-order chi connectivity index (χ0) is 7.98. The summed E-state index contributed by atoms with van der Waals surface area (Å²) in [6.45, 7) is 4.94. The summed E-state index contributed by atoms with van der Waals surface area (Å²) in [6.07, 6.45) is 0. The predicted octanol–water partition coefficient (Wildman–Crippen LogP) is -0.500. The maximum absolute atomic E-state index is 10.5. The molecule has 0 aromatic heterocycles. The third-order valence-electron chi connectivity index (χ3n) is 0.735. The maximum atomic E-state index is 10.5. The quantitative estimate of drug-likeness (QED) is 0.543. The molecular formula is C6H10NO3. The molecule has 0 aliphatic heterocycles. The Morgan fingerprint density at radius 1 is 1.60 bits per heavy atom. The monoisotopic (exact) mass is 144 g/mol. The fraction of sp³-hybridized carbons (Fsp3) is 0.500. The van der Waals surface area contributed by atoms with Gasteiger partial charge in [-0.05, 0) is 6.92 Å². The molecule has 0 heterocycles. The maximum Gasteiger partial charge on any atom is 0.325 e. The van der Waals surface area contributed by atoms with E-state index in [0.29, 0.717) is 6.61 Å². The topological polar surface area (TPSA) is 55.4 Å². The Morgan fingerprint density at radius 3 is 2.60 bits per heavy atom. The summed E-state index contributed by atoms with van der Waals surface area (Å²) < 4.78 is 4.51. The standard InChI is InChI=1S/C6H10NO3/c1-3-10-6(9)4-7-5(2)8/h2-4H2,1H3,(H,7,8). The zero-order valence-corrected chi connectivity index (χ0v) is 5.85. The minimum Gasteiger partial charge on any atom is -0.465 e. The van der Waals surface area contributed by atoms with Gasteiger partial charge in [0, 0.05) is 6.92 Å². The number of carbonyl (C=O) groups is 2. The summed E-state index contributed by atoms with van der Waals surface area (Å²) >= 11 is 0. The van der Waals surface area contributed by atoms with Crippen molar-refractivity contribution in [2.45, 2.75) is 6.92 Å². The number of esters is 1. The van der Waals surface area contributed by atoms with Gasteiger partial charge in [-0.25, -0.2) is 0 Å². The first-order valence-electron chi connectivity index (χ1n) is 2.92. The van der Waals surface area contributed by atoms with E-state index in [-0.39, 0.29) is 6.54 Å². The third-order valence-corrected chi connectivity index (χ3v) is 0.735. The van der Waals surface area contributed by atoms with E-state index in [0.717, 1.165) is 0 Å². The van der Waals surface area contributed by atoms with E-state index >= 15 is 0 Å². The van der Waals surface area contributed by atoms with Crippen LogP contribution in [0.5, 0.6) is 0 Å². The van der Waals surface area contributed by atoms with Crippen LogP contribution in [0, 0.1) is 6.92 Å². The van der Waals surface area contributed by atoms with Crippen LogP contribution >= 0.6 is 0 Å². The Kier molecular flexibility index (Phi) is 4.28. The molecule has 0 aromatic rings. The molecular weight excluding hydrogens is 134 g/mol. The van der Waals surface area contributed by atoms with Gasteiger partial charge in [-0.2, -0.15) is 0 Å². The largest absolute Gasteiger partial charge is 0.465 e. The normalized spacial score (nSPS) is 8.60. The first-order chi connectivity index (χ1) is 4.66. The summed E-state index contributed by atoms with van der Waals surface area (Å²) in [5.41, 5.74) is 0. The highest BCUT2D eigenvalue weighted by Gasteiger charge is 2.00. The van der Waals surface area contributed by atoms with E-state index < -0.39 is 11.9 Å². The second kappa shape index (κ2) is 4.78. The molecule has 0 fully saturated rings. The average molecular weight is 144 g/mol. The van der Waals surface area contributed by atoms with Gasteiger partial charge in [-0.1, -0.05) is 0 Å². The van der Waals surface area contributed by atoms with Crippen molar-refractivity contribution in [3.8, 4) is 0 Å². The van der Waals surface area contributed by atoms with Crippen LogP contribution < -0.4 is 5.32 Å². The molecule has 0 aromatic carbocycles. The van der Waals surface area contributed by atoms with Gasteiger partial charge < -0.3 is 10.1 Å². The fourth-order valence-electron chi connectivity index (χ4n) is 0.383. The molecule has 0 saturated carbocycles. The van der Waals surface area contributed by atoms with Crippen molar-refractivity contribution < 1.29 is 14.3 Å². The summed E-state index contributed by atoms with van der Waals surface area (Å²) in [5.74, 6) is -0.924. The van der Waals surface area contributed by atoms with Crippen molar-refractivity contribution in [2.24, 2.45) is 0 Å². The van der Waals surface area contributed by atoms with Gasteiger partial charge in [0.2, 0.25) is 5.91 Å². The smallest absolute Gasteiger partial charge is 0.325 e. The fourth-order valence-corrected chi connectivity index (χ4v) is 0.383.